The Labute approximate surface area is 183 Å². The van der Waals surface area contributed by atoms with Gasteiger partial charge in [0, 0.05) is 38.8 Å². The van der Waals surface area contributed by atoms with Gasteiger partial charge in [0.1, 0.15) is 0 Å². The SMILES string of the molecule is CCC(CC)[C@H](CNC(=O)NCc1ccc(CN(CC)CC)cc1)N1CCOCC1. The number of benzene rings is 1. The van der Waals surface area contributed by atoms with Crippen LogP contribution >= 0.6 is 0 Å². The summed E-state index contributed by atoms with van der Waals surface area (Å²) in [6.07, 6.45) is 2.25. The second-order valence-corrected chi connectivity index (χ2v) is 8.13. The van der Waals surface area contributed by atoms with Gasteiger partial charge in [-0.25, -0.2) is 4.79 Å². The number of morpholine rings is 1. The molecule has 0 unspecified atom stereocenters. The van der Waals surface area contributed by atoms with E-state index >= 15 is 0 Å². The first-order chi connectivity index (χ1) is 14.6. The zero-order valence-corrected chi connectivity index (χ0v) is 19.5. The minimum Gasteiger partial charge on any atom is -0.379 e. The summed E-state index contributed by atoms with van der Waals surface area (Å²) in [4.78, 5) is 17.3. The van der Waals surface area contributed by atoms with Gasteiger partial charge in [0.25, 0.3) is 0 Å². The molecule has 0 saturated carbocycles. The third-order valence-electron chi connectivity index (χ3n) is 6.36. The van der Waals surface area contributed by atoms with Crippen LogP contribution in [0.15, 0.2) is 24.3 Å². The third kappa shape index (κ3) is 7.89. The van der Waals surface area contributed by atoms with Gasteiger partial charge in [-0.3, -0.25) is 9.80 Å². The number of rotatable bonds is 12. The van der Waals surface area contributed by atoms with Gasteiger partial charge >= 0.3 is 6.03 Å². The van der Waals surface area contributed by atoms with E-state index in [0.29, 0.717) is 25.0 Å². The van der Waals surface area contributed by atoms with Gasteiger partial charge in [0.05, 0.1) is 13.2 Å². The lowest BCUT2D eigenvalue weighted by Crippen LogP contribution is -2.53. The molecule has 1 aliphatic rings. The maximum atomic E-state index is 12.4. The highest BCUT2D eigenvalue weighted by atomic mass is 16.5. The molecular weight excluding hydrogens is 376 g/mol. The predicted octanol–water partition coefficient (Wildman–Crippen LogP) is 3.46. The van der Waals surface area contributed by atoms with E-state index in [4.69, 9.17) is 4.74 Å². The molecule has 1 atom stereocenters. The molecule has 0 aliphatic carbocycles. The maximum Gasteiger partial charge on any atom is 0.315 e. The smallest absolute Gasteiger partial charge is 0.315 e. The van der Waals surface area contributed by atoms with Crippen LogP contribution in [0.1, 0.15) is 51.7 Å². The van der Waals surface area contributed by atoms with Gasteiger partial charge < -0.3 is 15.4 Å². The molecule has 30 heavy (non-hydrogen) atoms. The van der Waals surface area contributed by atoms with E-state index in [1.54, 1.807) is 0 Å². The van der Waals surface area contributed by atoms with E-state index in [0.717, 1.165) is 64.3 Å². The second kappa shape index (κ2) is 13.6. The van der Waals surface area contributed by atoms with Crippen molar-refractivity contribution in [2.45, 2.75) is 59.7 Å². The van der Waals surface area contributed by atoms with E-state index in [-0.39, 0.29) is 6.03 Å². The molecular formula is C24H42N4O2. The van der Waals surface area contributed by atoms with Gasteiger partial charge in [0.2, 0.25) is 0 Å². The van der Waals surface area contributed by atoms with Crippen molar-refractivity contribution in [1.82, 2.24) is 20.4 Å². The normalized spacial score (nSPS) is 16.1. The van der Waals surface area contributed by atoms with Crippen molar-refractivity contribution in [3.05, 3.63) is 35.4 Å². The average Bonchev–Trinajstić information content (AvgIpc) is 2.80. The zero-order chi connectivity index (χ0) is 21.8. The summed E-state index contributed by atoms with van der Waals surface area (Å²) in [6.45, 7) is 16.6. The van der Waals surface area contributed by atoms with Crippen LogP contribution < -0.4 is 10.6 Å². The van der Waals surface area contributed by atoms with E-state index in [9.17, 15) is 4.79 Å². The summed E-state index contributed by atoms with van der Waals surface area (Å²) in [6, 6.07) is 8.82. The van der Waals surface area contributed by atoms with Crippen molar-refractivity contribution in [3.63, 3.8) is 0 Å². The largest absolute Gasteiger partial charge is 0.379 e. The van der Waals surface area contributed by atoms with Gasteiger partial charge in [-0.05, 0) is 30.1 Å². The minimum atomic E-state index is -0.0913. The van der Waals surface area contributed by atoms with Crippen LogP contribution in [0.3, 0.4) is 0 Å². The lowest BCUT2D eigenvalue weighted by Gasteiger charge is -2.38. The molecule has 0 radical (unpaired) electrons. The molecule has 1 saturated heterocycles. The molecule has 1 aromatic carbocycles. The van der Waals surface area contributed by atoms with Crippen LogP contribution in [0.2, 0.25) is 0 Å². The fraction of sp³-hybridized carbons (Fsp3) is 0.708. The number of amides is 2. The number of carbonyl (C=O) groups excluding carboxylic acids is 1. The standard InChI is InChI=1S/C24H42N4O2/c1-5-22(6-2)23(28-13-15-30-16-14-28)18-26-24(29)25-17-20-9-11-21(12-10-20)19-27(7-3)8-4/h9-12,22-23H,5-8,13-19H2,1-4H3,(H2,25,26,29)/t23-/m0/s1. The Bertz CT molecular complexity index is 594. The van der Waals surface area contributed by atoms with Crippen molar-refractivity contribution >= 4 is 6.03 Å². The first-order valence-corrected chi connectivity index (χ1v) is 11.7. The molecule has 0 bridgehead atoms. The number of nitrogens with one attached hydrogen (secondary N) is 2. The number of hydrogen-bond acceptors (Lipinski definition) is 4. The molecule has 0 aromatic heterocycles. The average molecular weight is 419 g/mol. The van der Waals surface area contributed by atoms with Crippen LogP contribution in [0.4, 0.5) is 4.79 Å². The molecule has 1 aromatic rings. The van der Waals surface area contributed by atoms with Crippen LogP contribution in [-0.2, 0) is 17.8 Å². The highest BCUT2D eigenvalue weighted by molar-refractivity contribution is 5.73. The van der Waals surface area contributed by atoms with Gasteiger partial charge in [-0.1, -0.05) is 64.8 Å². The number of ether oxygens (including phenoxy) is 1. The molecule has 2 amide bonds. The van der Waals surface area contributed by atoms with E-state index in [2.05, 4.69) is 72.4 Å². The number of hydrogen-bond donors (Lipinski definition) is 2. The fourth-order valence-electron chi connectivity index (χ4n) is 4.25. The van der Waals surface area contributed by atoms with Crippen molar-refractivity contribution in [3.8, 4) is 0 Å². The Morgan fingerprint density at radius 3 is 2.17 bits per heavy atom. The Hall–Kier alpha value is -1.63. The van der Waals surface area contributed by atoms with E-state index in [1.807, 2.05) is 0 Å². The summed E-state index contributed by atoms with van der Waals surface area (Å²) in [5, 5.41) is 6.12. The molecule has 1 heterocycles. The molecule has 1 fully saturated rings. The Kier molecular flexibility index (Phi) is 11.2. The van der Waals surface area contributed by atoms with E-state index in [1.165, 1.54) is 5.56 Å². The van der Waals surface area contributed by atoms with Crippen molar-refractivity contribution in [2.75, 3.05) is 45.9 Å². The summed E-state index contributed by atoms with van der Waals surface area (Å²) in [5.41, 5.74) is 2.43. The van der Waals surface area contributed by atoms with Crippen molar-refractivity contribution in [2.24, 2.45) is 5.92 Å². The van der Waals surface area contributed by atoms with Crippen LogP contribution in [0.5, 0.6) is 0 Å². The minimum absolute atomic E-state index is 0.0913. The summed E-state index contributed by atoms with van der Waals surface area (Å²) in [5.74, 6) is 0.585. The molecule has 0 spiro atoms. The number of urea groups is 1. The Morgan fingerprint density at radius 2 is 1.60 bits per heavy atom. The fourth-order valence-corrected chi connectivity index (χ4v) is 4.25. The topological polar surface area (TPSA) is 56.8 Å². The Balaban J connectivity index is 1.80. The molecule has 1 aliphatic heterocycles. The molecule has 6 heteroatoms. The molecule has 170 valence electrons. The first kappa shape index (κ1) is 24.6. The summed E-state index contributed by atoms with van der Waals surface area (Å²) < 4.78 is 5.51. The van der Waals surface area contributed by atoms with Crippen molar-refractivity contribution < 1.29 is 9.53 Å². The molecule has 2 rings (SSSR count). The maximum absolute atomic E-state index is 12.4. The van der Waals surface area contributed by atoms with E-state index < -0.39 is 0 Å². The highest BCUT2D eigenvalue weighted by Gasteiger charge is 2.27. The number of carbonyl (C=O) groups is 1. The van der Waals surface area contributed by atoms with Crippen LogP contribution in [0.25, 0.3) is 0 Å². The Morgan fingerprint density at radius 1 is 1.00 bits per heavy atom. The summed E-state index contributed by atoms with van der Waals surface area (Å²) >= 11 is 0. The van der Waals surface area contributed by atoms with Gasteiger partial charge in [0.15, 0.2) is 0 Å². The van der Waals surface area contributed by atoms with Gasteiger partial charge in [-0.15, -0.1) is 0 Å². The summed E-state index contributed by atoms with van der Waals surface area (Å²) in [7, 11) is 0. The predicted molar refractivity (Wildman–Crippen MR) is 124 cm³/mol. The first-order valence-electron chi connectivity index (χ1n) is 11.7. The number of nitrogens with zero attached hydrogens (tertiary/aromatic N) is 2. The molecule has 2 N–H and O–H groups in total. The van der Waals surface area contributed by atoms with Crippen LogP contribution in [0, 0.1) is 5.92 Å². The third-order valence-corrected chi connectivity index (χ3v) is 6.36. The highest BCUT2D eigenvalue weighted by Crippen LogP contribution is 2.19. The second-order valence-electron chi connectivity index (χ2n) is 8.13. The quantitative estimate of drug-likeness (QED) is 0.546. The zero-order valence-electron chi connectivity index (χ0n) is 19.5. The molecule has 6 nitrogen and oxygen atoms in total. The van der Waals surface area contributed by atoms with Crippen LogP contribution in [-0.4, -0.2) is 67.8 Å². The lowest BCUT2D eigenvalue weighted by atomic mass is 9.92. The lowest BCUT2D eigenvalue weighted by molar-refractivity contribution is 0.00237. The van der Waals surface area contributed by atoms with Gasteiger partial charge in [-0.2, -0.15) is 0 Å². The monoisotopic (exact) mass is 418 g/mol. The van der Waals surface area contributed by atoms with Crippen molar-refractivity contribution in [1.29, 1.82) is 0 Å².